The number of nitrogen functional groups attached to an aromatic ring is 1. The second kappa shape index (κ2) is 5.79. The van der Waals surface area contributed by atoms with Gasteiger partial charge in [0.1, 0.15) is 5.82 Å². The Kier molecular flexibility index (Phi) is 3.85. The van der Waals surface area contributed by atoms with E-state index in [1.54, 1.807) is 6.07 Å². The Bertz CT molecular complexity index is 663. The van der Waals surface area contributed by atoms with Crippen molar-refractivity contribution in [1.82, 2.24) is 15.0 Å². The van der Waals surface area contributed by atoms with Gasteiger partial charge in [0, 0.05) is 18.1 Å². The average molecular weight is 310 g/mol. The van der Waals surface area contributed by atoms with Crippen molar-refractivity contribution < 1.29 is 9.13 Å². The molecule has 2 heterocycles. The summed E-state index contributed by atoms with van der Waals surface area (Å²) in [6.45, 7) is 2.50. The molecule has 1 aromatic carbocycles. The molecule has 3 rings (SSSR count). The van der Waals surface area contributed by atoms with E-state index in [9.17, 15) is 4.39 Å². The zero-order valence-corrected chi connectivity index (χ0v) is 11.8. The third-order valence-electron chi connectivity index (χ3n) is 3.11. The van der Waals surface area contributed by atoms with Crippen LogP contribution in [-0.4, -0.2) is 41.3 Å². The van der Waals surface area contributed by atoms with Crippen molar-refractivity contribution in [1.29, 1.82) is 0 Å². The first-order valence-electron chi connectivity index (χ1n) is 6.43. The minimum Gasteiger partial charge on any atom is -0.378 e. The average Bonchev–Trinajstić information content (AvgIpc) is 2.47. The molecule has 1 saturated heterocycles. The molecule has 0 amide bonds. The highest BCUT2D eigenvalue weighted by atomic mass is 35.5. The fourth-order valence-corrected chi connectivity index (χ4v) is 2.24. The number of benzene rings is 1. The van der Waals surface area contributed by atoms with Gasteiger partial charge < -0.3 is 15.4 Å². The fourth-order valence-electron chi connectivity index (χ4n) is 2.08. The maximum absolute atomic E-state index is 14.0. The summed E-state index contributed by atoms with van der Waals surface area (Å²) in [5.74, 6) is 0.171. The molecule has 21 heavy (non-hydrogen) atoms. The summed E-state index contributed by atoms with van der Waals surface area (Å²) in [5, 5.41) is 0.312. The van der Waals surface area contributed by atoms with E-state index in [4.69, 9.17) is 22.1 Å². The lowest BCUT2D eigenvalue weighted by molar-refractivity contribution is 0.122. The second-order valence-corrected chi connectivity index (χ2v) is 4.98. The van der Waals surface area contributed by atoms with E-state index in [1.807, 2.05) is 4.90 Å². The van der Waals surface area contributed by atoms with Crippen molar-refractivity contribution in [3.8, 4) is 11.4 Å². The van der Waals surface area contributed by atoms with Crippen LogP contribution in [0.25, 0.3) is 11.4 Å². The Hall–Kier alpha value is -1.99. The number of rotatable bonds is 2. The molecule has 1 aliphatic rings. The van der Waals surface area contributed by atoms with Crippen LogP contribution < -0.4 is 10.6 Å². The van der Waals surface area contributed by atoms with Crippen LogP contribution in [0, 0.1) is 5.82 Å². The minimum absolute atomic E-state index is 0.0517. The zero-order chi connectivity index (χ0) is 14.8. The van der Waals surface area contributed by atoms with Gasteiger partial charge in [0.15, 0.2) is 5.82 Å². The second-order valence-electron chi connectivity index (χ2n) is 4.54. The van der Waals surface area contributed by atoms with Crippen molar-refractivity contribution in [2.24, 2.45) is 0 Å². The number of halogens is 2. The molecule has 0 bridgehead atoms. The first-order chi connectivity index (χ1) is 10.1. The molecule has 6 nitrogen and oxygen atoms in total. The normalized spacial score (nSPS) is 15.2. The van der Waals surface area contributed by atoms with Gasteiger partial charge in [-0.1, -0.05) is 11.6 Å². The molecule has 0 atom stereocenters. The van der Waals surface area contributed by atoms with Gasteiger partial charge in [0.2, 0.25) is 11.9 Å². The summed E-state index contributed by atoms with van der Waals surface area (Å²) in [6, 6.07) is 4.31. The molecule has 110 valence electrons. The number of ether oxygens (including phenoxy) is 1. The third kappa shape index (κ3) is 3.03. The molecule has 0 spiro atoms. The lowest BCUT2D eigenvalue weighted by Gasteiger charge is -2.26. The van der Waals surface area contributed by atoms with Crippen LogP contribution in [0.3, 0.4) is 0 Å². The van der Waals surface area contributed by atoms with E-state index in [2.05, 4.69) is 15.0 Å². The molecule has 0 aliphatic carbocycles. The number of nitrogens with zero attached hydrogens (tertiary/aromatic N) is 4. The molecular weight excluding hydrogens is 297 g/mol. The summed E-state index contributed by atoms with van der Waals surface area (Å²) < 4.78 is 19.3. The van der Waals surface area contributed by atoms with Crippen LogP contribution in [0.5, 0.6) is 0 Å². The molecule has 8 heteroatoms. The number of nitrogens with two attached hydrogens (primary N) is 1. The van der Waals surface area contributed by atoms with Gasteiger partial charge in [0.05, 0.1) is 18.8 Å². The van der Waals surface area contributed by atoms with Crippen molar-refractivity contribution in [2.45, 2.75) is 0 Å². The Morgan fingerprint density at radius 2 is 1.95 bits per heavy atom. The molecule has 2 aromatic rings. The van der Waals surface area contributed by atoms with Gasteiger partial charge in [-0.05, 0) is 18.2 Å². The summed E-state index contributed by atoms with van der Waals surface area (Å²) >= 11 is 5.75. The number of morpholine rings is 1. The van der Waals surface area contributed by atoms with Crippen LogP contribution in [0.15, 0.2) is 18.2 Å². The first kappa shape index (κ1) is 14.0. The minimum atomic E-state index is -0.499. The SMILES string of the molecule is Nc1nc(-c2ccc(Cl)cc2F)nc(N2CCOCC2)n1. The van der Waals surface area contributed by atoms with Crippen molar-refractivity contribution >= 4 is 23.5 Å². The van der Waals surface area contributed by atoms with E-state index >= 15 is 0 Å². The van der Waals surface area contributed by atoms with Crippen molar-refractivity contribution in [2.75, 3.05) is 36.9 Å². The highest BCUT2D eigenvalue weighted by Crippen LogP contribution is 2.24. The standard InChI is InChI=1S/C13H13ClFN5O/c14-8-1-2-9(10(15)7-8)11-17-12(16)19-13(18-11)20-3-5-21-6-4-20/h1-2,7H,3-6H2,(H2,16,17,18,19). The van der Waals surface area contributed by atoms with Gasteiger partial charge in [0.25, 0.3) is 0 Å². The Morgan fingerprint density at radius 1 is 1.19 bits per heavy atom. The molecule has 2 N–H and O–H groups in total. The van der Waals surface area contributed by atoms with Gasteiger partial charge in [-0.3, -0.25) is 0 Å². The van der Waals surface area contributed by atoms with Crippen molar-refractivity contribution in [3.63, 3.8) is 0 Å². The smallest absolute Gasteiger partial charge is 0.230 e. The fraction of sp³-hybridized carbons (Fsp3) is 0.308. The Balaban J connectivity index is 2.00. The van der Waals surface area contributed by atoms with E-state index in [-0.39, 0.29) is 17.3 Å². The molecular formula is C13H13ClFN5O. The maximum Gasteiger partial charge on any atom is 0.230 e. The summed E-state index contributed by atoms with van der Waals surface area (Å²) in [4.78, 5) is 14.3. The molecule has 1 aliphatic heterocycles. The quantitative estimate of drug-likeness (QED) is 0.910. The first-order valence-corrected chi connectivity index (χ1v) is 6.81. The number of anilines is 2. The number of aromatic nitrogens is 3. The highest BCUT2D eigenvalue weighted by Gasteiger charge is 2.17. The van der Waals surface area contributed by atoms with Crippen LogP contribution >= 0.6 is 11.6 Å². The molecule has 0 radical (unpaired) electrons. The summed E-state index contributed by atoms with van der Waals surface area (Å²) in [6.07, 6.45) is 0. The van der Waals surface area contributed by atoms with E-state index in [0.29, 0.717) is 37.3 Å². The monoisotopic (exact) mass is 309 g/mol. The van der Waals surface area contributed by atoms with E-state index in [0.717, 1.165) is 0 Å². The molecule has 1 aromatic heterocycles. The van der Waals surface area contributed by atoms with Gasteiger partial charge in [-0.15, -0.1) is 0 Å². The topological polar surface area (TPSA) is 77.2 Å². The van der Waals surface area contributed by atoms with Crippen LogP contribution in [0.2, 0.25) is 5.02 Å². The Morgan fingerprint density at radius 3 is 2.67 bits per heavy atom. The van der Waals surface area contributed by atoms with Crippen molar-refractivity contribution in [3.05, 3.63) is 29.0 Å². The number of hydrogen-bond acceptors (Lipinski definition) is 6. The zero-order valence-electron chi connectivity index (χ0n) is 11.1. The predicted octanol–water partition coefficient (Wildman–Crippen LogP) is 1.75. The van der Waals surface area contributed by atoms with Gasteiger partial charge in [-0.2, -0.15) is 15.0 Å². The number of hydrogen-bond donors (Lipinski definition) is 1. The van der Waals surface area contributed by atoms with Gasteiger partial charge in [-0.25, -0.2) is 4.39 Å². The summed E-state index contributed by atoms with van der Waals surface area (Å²) in [7, 11) is 0. The van der Waals surface area contributed by atoms with Crippen LogP contribution in [0.4, 0.5) is 16.3 Å². The van der Waals surface area contributed by atoms with Crippen LogP contribution in [-0.2, 0) is 4.74 Å². The van der Waals surface area contributed by atoms with E-state index < -0.39 is 5.82 Å². The molecule has 0 unspecified atom stereocenters. The van der Waals surface area contributed by atoms with E-state index in [1.165, 1.54) is 12.1 Å². The largest absolute Gasteiger partial charge is 0.378 e. The Labute approximate surface area is 125 Å². The maximum atomic E-state index is 14.0. The lowest BCUT2D eigenvalue weighted by atomic mass is 10.2. The summed E-state index contributed by atoms with van der Waals surface area (Å²) in [5.41, 5.74) is 5.95. The predicted molar refractivity (Wildman–Crippen MR) is 77.7 cm³/mol. The van der Waals surface area contributed by atoms with Crippen LogP contribution in [0.1, 0.15) is 0 Å². The third-order valence-corrected chi connectivity index (χ3v) is 3.34. The molecule has 1 fully saturated rings. The molecule has 0 saturated carbocycles. The highest BCUT2D eigenvalue weighted by molar-refractivity contribution is 6.30. The van der Waals surface area contributed by atoms with Gasteiger partial charge >= 0.3 is 0 Å². The lowest BCUT2D eigenvalue weighted by Crippen LogP contribution is -2.37.